The summed E-state index contributed by atoms with van der Waals surface area (Å²) in [6, 6.07) is 15.2. The summed E-state index contributed by atoms with van der Waals surface area (Å²) in [7, 11) is 0. The lowest BCUT2D eigenvalue weighted by atomic mass is 10.0. The molecule has 2 N–H and O–H groups in total. The normalized spacial score (nSPS) is 11.0. The van der Waals surface area contributed by atoms with E-state index in [0.29, 0.717) is 35.4 Å². The summed E-state index contributed by atoms with van der Waals surface area (Å²) < 4.78 is 6.12. The van der Waals surface area contributed by atoms with Crippen molar-refractivity contribution in [3.63, 3.8) is 0 Å². The Hall–Kier alpha value is -2.43. The fourth-order valence-corrected chi connectivity index (χ4v) is 2.67. The molecule has 1 aromatic heterocycles. The van der Waals surface area contributed by atoms with E-state index in [0.717, 1.165) is 11.1 Å². The van der Waals surface area contributed by atoms with E-state index >= 15 is 0 Å². The molecule has 0 saturated heterocycles. The van der Waals surface area contributed by atoms with Crippen molar-refractivity contribution in [2.45, 2.75) is 13.5 Å². The van der Waals surface area contributed by atoms with Crippen molar-refractivity contribution < 1.29 is 9.52 Å². The molecule has 3 rings (SSSR count). The molecule has 0 spiro atoms. The molecule has 0 aliphatic heterocycles. The van der Waals surface area contributed by atoms with Gasteiger partial charge < -0.3 is 14.8 Å². The Morgan fingerprint density at radius 1 is 1.09 bits per heavy atom. The Morgan fingerprint density at radius 2 is 1.87 bits per heavy atom. The van der Waals surface area contributed by atoms with Crippen LogP contribution in [0.4, 0.5) is 0 Å². The van der Waals surface area contributed by atoms with Gasteiger partial charge in [0.2, 0.25) is 0 Å². The molecule has 118 valence electrons. The lowest BCUT2D eigenvalue weighted by molar-refractivity contribution is 0.292. The van der Waals surface area contributed by atoms with Crippen LogP contribution >= 0.6 is 0 Å². The first-order valence-electron chi connectivity index (χ1n) is 7.64. The minimum absolute atomic E-state index is 0.00545. The van der Waals surface area contributed by atoms with Crippen molar-refractivity contribution in [1.82, 2.24) is 5.32 Å². The second-order valence-electron chi connectivity index (χ2n) is 5.45. The van der Waals surface area contributed by atoms with E-state index in [-0.39, 0.29) is 12.0 Å². The van der Waals surface area contributed by atoms with E-state index in [2.05, 4.69) is 5.32 Å². The zero-order valence-electron chi connectivity index (χ0n) is 13.0. The van der Waals surface area contributed by atoms with E-state index in [4.69, 9.17) is 9.52 Å². The number of benzene rings is 2. The lowest BCUT2D eigenvalue weighted by Gasteiger charge is -2.10. The molecule has 1 heterocycles. The lowest BCUT2D eigenvalue weighted by Crippen LogP contribution is -2.18. The fraction of sp³-hybridized carbons (Fsp3) is 0.211. The molecule has 0 saturated carbocycles. The zero-order chi connectivity index (χ0) is 16.2. The molecule has 0 atom stereocenters. The predicted molar refractivity (Wildman–Crippen MR) is 91.4 cm³/mol. The molecule has 3 aromatic rings. The minimum atomic E-state index is -0.00545. The molecule has 0 fully saturated rings. The maximum absolute atomic E-state index is 12.7. The van der Waals surface area contributed by atoms with Crippen molar-refractivity contribution in [1.29, 1.82) is 0 Å². The van der Waals surface area contributed by atoms with Crippen LogP contribution in [0.25, 0.3) is 22.3 Å². The number of aliphatic hydroxyl groups excluding tert-OH is 1. The third kappa shape index (κ3) is 3.04. The van der Waals surface area contributed by atoms with Crippen LogP contribution in [0.2, 0.25) is 0 Å². The smallest absolute Gasteiger partial charge is 0.196 e. The number of aliphatic hydroxyl groups is 1. The maximum atomic E-state index is 12.7. The quantitative estimate of drug-likeness (QED) is 0.711. The highest BCUT2D eigenvalue weighted by atomic mass is 16.3. The Morgan fingerprint density at radius 3 is 2.61 bits per heavy atom. The monoisotopic (exact) mass is 309 g/mol. The SMILES string of the molecule is Cc1c(-c2ccccc2)oc2c(CNCCO)cccc2c1=O. The van der Waals surface area contributed by atoms with E-state index in [1.807, 2.05) is 42.5 Å². The van der Waals surface area contributed by atoms with E-state index < -0.39 is 0 Å². The van der Waals surface area contributed by atoms with Crippen molar-refractivity contribution >= 4 is 11.0 Å². The first-order chi connectivity index (χ1) is 11.2. The van der Waals surface area contributed by atoms with Crippen LogP contribution in [0, 0.1) is 6.92 Å². The molecule has 0 bridgehead atoms. The molecule has 0 aliphatic carbocycles. The van der Waals surface area contributed by atoms with Crippen molar-refractivity contribution in [3.05, 3.63) is 69.9 Å². The predicted octanol–water partition coefficient (Wildman–Crippen LogP) is 2.85. The Bertz CT molecular complexity index is 869. The molecular weight excluding hydrogens is 290 g/mol. The molecule has 4 heteroatoms. The molecule has 4 nitrogen and oxygen atoms in total. The molecule has 0 amide bonds. The van der Waals surface area contributed by atoms with Crippen molar-refractivity contribution in [2.75, 3.05) is 13.2 Å². The first kappa shape index (κ1) is 15.5. The fourth-order valence-electron chi connectivity index (χ4n) is 2.67. The van der Waals surface area contributed by atoms with Crippen molar-refractivity contribution in [3.8, 4) is 11.3 Å². The Balaban J connectivity index is 2.18. The van der Waals surface area contributed by atoms with Crippen LogP contribution in [0.5, 0.6) is 0 Å². The summed E-state index contributed by atoms with van der Waals surface area (Å²) in [5.41, 5.74) is 3.01. The summed E-state index contributed by atoms with van der Waals surface area (Å²) in [6.45, 7) is 2.91. The highest BCUT2D eigenvalue weighted by molar-refractivity contribution is 5.83. The molecule has 0 aliphatic rings. The van der Waals surface area contributed by atoms with Gasteiger partial charge in [-0.15, -0.1) is 0 Å². The molecule has 0 radical (unpaired) electrons. The van der Waals surface area contributed by atoms with Gasteiger partial charge in [-0.25, -0.2) is 0 Å². The number of hydrogen-bond donors (Lipinski definition) is 2. The van der Waals surface area contributed by atoms with Gasteiger partial charge >= 0.3 is 0 Å². The van der Waals surface area contributed by atoms with E-state index in [1.165, 1.54) is 0 Å². The molecule has 2 aromatic carbocycles. The average Bonchev–Trinajstić information content (AvgIpc) is 2.59. The average molecular weight is 309 g/mol. The summed E-state index contributed by atoms with van der Waals surface area (Å²) in [5, 5.41) is 12.6. The summed E-state index contributed by atoms with van der Waals surface area (Å²) in [6.07, 6.45) is 0. The van der Waals surface area contributed by atoms with Crippen LogP contribution in [-0.4, -0.2) is 18.3 Å². The van der Waals surface area contributed by atoms with Gasteiger partial charge in [0.05, 0.1) is 12.0 Å². The third-order valence-electron chi connectivity index (χ3n) is 3.87. The van der Waals surface area contributed by atoms with Crippen LogP contribution in [0.15, 0.2) is 57.7 Å². The second kappa shape index (κ2) is 6.77. The summed E-state index contributed by atoms with van der Waals surface area (Å²) in [4.78, 5) is 12.7. The highest BCUT2D eigenvalue weighted by Crippen LogP contribution is 2.27. The molecular formula is C19H19NO3. The van der Waals surface area contributed by atoms with Gasteiger partial charge in [0, 0.05) is 29.8 Å². The topological polar surface area (TPSA) is 62.5 Å². The Labute approximate surface area is 134 Å². The third-order valence-corrected chi connectivity index (χ3v) is 3.87. The van der Waals surface area contributed by atoms with Gasteiger partial charge in [0.1, 0.15) is 11.3 Å². The van der Waals surface area contributed by atoms with Crippen molar-refractivity contribution in [2.24, 2.45) is 0 Å². The highest BCUT2D eigenvalue weighted by Gasteiger charge is 2.14. The largest absolute Gasteiger partial charge is 0.455 e. The van der Waals surface area contributed by atoms with Crippen LogP contribution < -0.4 is 10.7 Å². The number of para-hydroxylation sites is 1. The van der Waals surface area contributed by atoms with Gasteiger partial charge in [-0.3, -0.25) is 4.79 Å². The summed E-state index contributed by atoms with van der Waals surface area (Å²) in [5.74, 6) is 0.609. The van der Waals surface area contributed by atoms with Gasteiger partial charge in [0.15, 0.2) is 5.43 Å². The van der Waals surface area contributed by atoms with Crippen LogP contribution in [0.1, 0.15) is 11.1 Å². The Kier molecular flexibility index (Phi) is 4.55. The zero-order valence-corrected chi connectivity index (χ0v) is 13.0. The minimum Gasteiger partial charge on any atom is -0.455 e. The van der Waals surface area contributed by atoms with E-state index in [9.17, 15) is 4.79 Å². The van der Waals surface area contributed by atoms with E-state index in [1.54, 1.807) is 13.0 Å². The second-order valence-corrected chi connectivity index (χ2v) is 5.45. The number of hydrogen-bond acceptors (Lipinski definition) is 4. The van der Waals surface area contributed by atoms with Gasteiger partial charge in [0.25, 0.3) is 0 Å². The van der Waals surface area contributed by atoms with Gasteiger partial charge in [-0.1, -0.05) is 42.5 Å². The number of rotatable bonds is 5. The van der Waals surface area contributed by atoms with Gasteiger partial charge in [-0.2, -0.15) is 0 Å². The first-order valence-corrected chi connectivity index (χ1v) is 7.64. The standard InChI is InChI=1S/C19H19NO3/c1-13-17(22)16-9-5-8-15(12-20-10-11-21)19(16)23-18(13)14-6-3-2-4-7-14/h2-9,20-21H,10-12H2,1H3. The van der Waals surface area contributed by atoms with Crippen LogP contribution in [0.3, 0.4) is 0 Å². The maximum Gasteiger partial charge on any atom is 0.196 e. The number of fused-ring (bicyclic) bond motifs is 1. The summed E-state index contributed by atoms with van der Waals surface area (Å²) >= 11 is 0. The molecule has 0 unspecified atom stereocenters. The molecule has 23 heavy (non-hydrogen) atoms. The van der Waals surface area contributed by atoms with Crippen LogP contribution in [-0.2, 0) is 6.54 Å². The number of nitrogens with one attached hydrogen (secondary N) is 1. The van der Waals surface area contributed by atoms with Gasteiger partial charge in [-0.05, 0) is 13.0 Å².